The second-order valence-electron chi connectivity index (χ2n) is 5.26. The summed E-state index contributed by atoms with van der Waals surface area (Å²) in [5.74, 6) is 0.138. The van der Waals surface area contributed by atoms with Gasteiger partial charge in [-0.3, -0.25) is 4.79 Å². The van der Waals surface area contributed by atoms with E-state index in [1.807, 2.05) is 0 Å². The lowest BCUT2D eigenvalue weighted by Crippen LogP contribution is -2.38. The van der Waals surface area contributed by atoms with Gasteiger partial charge < -0.3 is 15.5 Å². The van der Waals surface area contributed by atoms with Crippen LogP contribution in [-0.4, -0.2) is 50.1 Å². The standard InChI is InChI=1S/C14H29N3O/c1-13-7-3-4-11-17(13)12-6-10-16-9-5-8-14(18)15-2/h13,16H,3-12H2,1-2H3,(H,15,18). The Labute approximate surface area is 111 Å². The fourth-order valence-corrected chi connectivity index (χ4v) is 2.52. The summed E-state index contributed by atoms with van der Waals surface area (Å²) in [7, 11) is 1.69. The highest BCUT2D eigenvalue weighted by Crippen LogP contribution is 2.15. The molecule has 1 fully saturated rings. The Morgan fingerprint density at radius 1 is 1.28 bits per heavy atom. The topological polar surface area (TPSA) is 44.4 Å². The summed E-state index contributed by atoms with van der Waals surface area (Å²) in [6.45, 7) is 6.84. The van der Waals surface area contributed by atoms with Gasteiger partial charge in [0.25, 0.3) is 0 Å². The molecule has 0 aromatic rings. The zero-order valence-electron chi connectivity index (χ0n) is 12.0. The van der Waals surface area contributed by atoms with Gasteiger partial charge in [0.2, 0.25) is 5.91 Å². The smallest absolute Gasteiger partial charge is 0.219 e. The Kier molecular flexibility index (Phi) is 8.01. The predicted molar refractivity (Wildman–Crippen MR) is 75.7 cm³/mol. The van der Waals surface area contributed by atoms with Gasteiger partial charge in [0.1, 0.15) is 0 Å². The number of hydrogen-bond acceptors (Lipinski definition) is 3. The summed E-state index contributed by atoms with van der Waals surface area (Å²) in [6, 6.07) is 0.770. The molecule has 1 rings (SSSR count). The third-order valence-corrected chi connectivity index (χ3v) is 3.78. The first-order chi connectivity index (χ1) is 8.74. The first-order valence-electron chi connectivity index (χ1n) is 7.39. The van der Waals surface area contributed by atoms with Crippen LogP contribution >= 0.6 is 0 Å². The molecule has 1 unspecified atom stereocenters. The van der Waals surface area contributed by atoms with E-state index >= 15 is 0 Å². The molecular formula is C14H29N3O. The third-order valence-electron chi connectivity index (χ3n) is 3.78. The van der Waals surface area contributed by atoms with E-state index in [2.05, 4.69) is 22.5 Å². The van der Waals surface area contributed by atoms with Gasteiger partial charge in [-0.25, -0.2) is 0 Å². The largest absolute Gasteiger partial charge is 0.359 e. The normalized spacial score (nSPS) is 20.9. The summed E-state index contributed by atoms with van der Waals surface area (Å²) < 4.78 is 0. The van der Waals surface area contributed by atoms with Crippen LogP contribution < -0.4 is 10.6 Å². The van der Waals surface area contributed by atoms with Gasteiger partial charge >= 0.3 is 0 Å². The highest BCUT2D eigenvalue weighted by atomic mass is 16.1. The molecule has 4 heteroatoms. The lowest BCUT2D eigenvalue weighted by atomic mass is 10.0. The third kappa shape index (κ3) is 6.36. The molecule has 1 amide bonds. The number of piperidine rings is 1. The first kappa shape index (κ1) is 15.4. The van der Waals surface area contributed by atoms with E-state index in [4.69, 9.17) is 0 Å². The van der Waals surface area contributed by atoms with Crippen molar-refractivity contribution in [2.75, 3.05) is 33.2 Å². The van der Waals surface area contributed by atoms with E-state index in [-0.39, 0.29) is 5.91 Å². The number of rotatable bonds is 8. The van der Waals surface area contributed by atoms with Crippen molar-refractivity contribution in [3.63, 3.8) is 0 Å². The monoisotopic (exact) mass is 255 g/mol. The average Bonchev–Trinajstić information content (AvgIpc) is 2.39. The molecule has 2 N–H and O–H groups in total. The molecule has 0 aromatic heterocycles. The van der Waals surface area contributed by atoms with Crippen LogP contribution in [0.1, 0.15) is 45.4 Å². The van der Waals surface area contributed by atoms with Crippen molar-refractivity contribution in [2.24, 2.45) is 0 Å². The summed E-state index contributed by atoms with van der Waals surface area (Å²) in [6.07, 6.45) is 6.90. The molecule has 0 radical (unpaired) electrons. The van der Waals surface area contributed by atoms with Crippen LogP contribution in [0.25, 0.3) is 0 Å². The molecular weight excluding hydrogens is 226 g/mol. The fourth-order valence-electron chi connectivity index (χ4n) is 2.52. The quantitative estimate of drug-likeness (QED) is 0.644. The van der Waals surface area contributed by atoms with Gasteiger partial charge in [-0.1, -0.05) is 6.42 Å². The van der Waals surface area contributed by atoms with E-state index < -0.39 is 0 Å². The highest BCUT2D eigenvalue weighted by molar-refractivity contribution is 5.75. The van der Waals surface area contributed by atoms with E-state index in [1.165, 1.54) is 38.8 Å². The molecule has 1 saturated heterocycles. The Morgan fingerprint density at radius 2 is 2.06 bits per heavy atom. The number of amides is 1. The van der Waals surface area contributed by atoms with Gasteiger partial charge in [-0.15, -0.1) is 0 Å². The number of hydrogen-bond donors (Lipinski definition) is 2. The molecule has 1 aliphatic rings. The lowest BCUT2D eigenvalue weighted by molar-refractivity contribution is -0.120. The maximum Gasteiger partial charge on any atom is 0.219 e. The molecule has 1 atom stereocenters. The minimum atomic E-state index is 0.138. The summed E-state index contributed by atoms with van der Waals surface area (Å²) >= 11 is 0. The van der Waals surface area contributed by atoms with Crippen molar-refractivity contribution in [1.82, 2.24) is 15.5 Å². The van der Waals surface area contributed by atoms with Crippen LogP contribution in [0.15, 0.2) is 0 Å². The van der Waals surface area contributed by atoms with Crippen molar-refractivity contribution < 1.29 is 4.79 Å². The maximum absolute atomic E-state index is 11.0. The molecule has 0 aliphatic carbocycles. The number of nitrogens with zero attached hydrogens (tertiary/aromatic N) is 1. The van der Waals surface area contributed by atoms with Crippen LogP contribution in [0.4, 0.5) is 0 Å². The number of carbonyl (C=O) groups is 1. The lowest BCUT2D eigenvalue weighted by Gasteiger charge is -2.33. The van der Waals surface area contributed by atoms with Crippen LogP contribution in [0, 0.1) is 0 Å². The minimum absolute atomic E-state index is 0.138. The van der Waals surface area contributed by atoms with Gasteiger partial charge in [0, 0.05) is 19.5 Å². The zero-order chi connectivity index (χ0) is 13.2. The van der Waals surface area contributed by atoms with Gasteiger partial charge in [0.05, 0.1) is 0 Å². The molecule has 0 saturated carbocycles. The number of carbonyl (C=O) groups excluding carboxylic acids is 1. The van der Waals surface area contributed by atoms with Crippen LogP contribution in [0.5, 0.6) is 0 Å². The van der Waals surface area contributed by atoms with Gasteiger partial charge in [0.15, 0.2) is 0 Å². The van der Waals surface area contributed by atoms with Crippen molar-refractivity contribution in [3.8, 4) is 0 Å². The highest BCUT2D eigenvalue weighted by Gasteiger charge is 2.16. The molecule has 1 heterocycles. The summed E-state index contributed by atoms with van der Waals surface area (Å²) in [4.78, 5) is 13.6. The molecule has 18 heavy (non-hydrogen) atoms. The maximum atomic E-state index is 11.0. The van der Waals surface area contributed by atoms with E-state index in [0.717, 1.165) is 25.6 Å². The first-order valence-corrected chi connectivity index (χ1v) is 7.39. The van der Waals surface area contributed by atoms with Crippen molar-refractivity contribution >= 4 is 5.91 Å². The summed E-state index contributed by atoms with van der Waals surface area (Å²) in [5.41, 5.74) is 0. The van der Waals surface area contributed by atoms with Crippen LogP contribution in [0.3, 0.4) is 0 Å². The minimum Gasteiger partial charge on any atom is -0.359 e. The number of nitrogens with one attached hydrogen (secondary N) is 2. The van der Waals surface area contributed by atoms with Crippen LogP contribution in [-0.2, 0) is 4.79 Å². The Bertz CT molecular complexity index is 233. The fraction of sp³-hybridized carbons (Fsp3) is 0.929. The van der Waals surface area contributed by atoms with Crippen LogP contribution in [0.2, 0.25) is 0 Å². The molecule has 106 valence electrons. The molecule has 0 spiro atoms. The average molecular weight is 255 g/mol. The van der Waals surface area contributed by atoms with Crippen molar-refractivity contribution in [2.45, 2.75) is 51.5 Å². The Hall–Kier alpha value is -0.610. The van der Waals surface area contributed by atoms with E-state index in [0.29, 0.717) is 6.42 Å². The second-order valence-corrected chi connectivity index (χ2v) is 5.26. The van der Waals surface area contributed by atoms with E-state index in [9.17, 15) is 4.79 Å². The van der Waals surface area contributed by atoms with Gasteiger partial charge in [-0.05, 0) is 58.8 Å². The molecule has 0 aromatic carbocycles. The molecule has 1 aliphatic heterocycles. The molecule has 4 nitrogen and oxygen atoms in total. The van der Waals surface area contributed by atoms with E-state index in [1.54, 1.807) is 7.05 Å². The van der Waals surface area contributed by atoms with Crippen molar-refractivity contribution in [1.29, 1.82) is 0 Å². The Balaban J connectivity index is 1.90. The van der Waals surface area contributed by atoms with Gasteiger partial charge in [-0.2, -0.15) is 0 Å². The zero-order valence-corrected chi connectivity index (χ0v) is 12.0. The Morgan fingerprint density at radius 3 is 2.78 bits per heavy atom. The predicted octanol–water partition coefficient (Wildman–Crippen LogP) is 1.37. The number of likely N-dealkylation sites (tertiary alicyclic amines) is 1. The summed E-state index contributed by atoms with van der Waals surface area (Å²) in [5, 5.41) is 6.05. The molecule has 0 bridgehead atoms. The SMILES string of the molecule is CNC(=O)CCCNCCCN1CCCCC1C. The second kappa shape index (κ2) is 9.34. The van der Waals surface area contributed by atoms with Crippen molar-refractivity contribution in [3.05, 3.63) is 0 Å².